The lowest BCUT2D eigenvalue weighted by Gasteiger charge is -2.19. The fourth-order valence-corrected chi connectivity index (χ4v) is 3.08. The normalized spacial score (nSPS) is 15.2. The van der Waals surface area contributed by atoms with Crippen LogP contribution in [0, 0.1) is 26.7 Å². The van der Waals surface area contributed by atoms with Crippen molar-refractivity contribution >= 4 is 17.5 Å². The number of nitrogens with one attached hydrogen (secondary N) is 2. The van der Waals surface area contributed by atoms with E-state index in [2.05, 4.69) is 15.3 Å². The Kier molecular flexibility index (Phi) is 4.45. The number of amides is 1. The standard InChI is InChI=1S/C18H20ClN3O2/c1-9-5-4-6-13(20-9)16(12-7-8-12)22-18(24)14-10(2)15(19)11(3)21-17(14)23/h4-6,12,16H,7-8H2,1-3H3,(H,21,23)(H,22,24)/t16-/m1/s1. The van der Waals surface area contributed by atoms with Crippen molar-refractivity contribution in [2.45, 2.75) is 39.7 Å². The molecule has 126 valence electrons. The summed E-state index contributed by atoms with van der Waals surface area (Å²) in [4.78, 5) is 32.1. The Balaban J connectivity index is 1.93. The summed E-state index contributed by atoms with van der Waals surface area (Å²) in [7, 11) is 0. The van der Waals surface area contributed by atoms with Crippen molar-refractivity contribution in [1.82, 2.24) is 15.3 Å². The molecule has 5 nitrogen and oxygen atoms in total. The van der Waals surface area contributed by atoms with Crippen LogP contribution >= 0.6 is 11.6 Å². The van der Waals surface area contributed by atoms with Gasteiger partial charge in [0.1, 0.15) is 5.56 Å². The van der Waals surface area contributed by atoms with Gasteiger partial charge in [-0.2, -0.15) is 0 Å². The second kappa shape index (κ2) is 6.40. The number of aromatic amines is 1. The zero-order valence-electron chi connectivity index (χ0n) is 13.9. The van der Waals surface area contributed by atoms with Crippen LogP contribution in [0.25, 0.3) is 0 Å². The summed E-state index contributed by atoms with van der Waals surface area (Å²) in [6.07, 6.45) is 2.09. The van der Waals surface area contributed by atoms with Crippen LogP contribution in [0.1, 0.15) is 51.9 Å². The van der Waals surface area contributed by atoms with Crippen LogP contribution in [0.4, 0.5) is 0 Å². The zero-order chi connectivity index (χ0) is 17.4. The minimum absolute atomic E-state index is 0.0731. The number of rotatable bonds is 4. The molecular formula is C18H20ClN3O2. The van der Waals surface area contributed by atoms with Crippen molar-refractivity contribution in [2.75, 3.05) is 0 Å². The highest BCUT2D eigenvalue weighted by atomic mass is 35.5. The molecular weight excluding hydrogens is 326 g/mol. The Bertz CT molecular complexity index is 856. The molecule has 2 heterocycles. The Labute approximate surface area is 145 Å². The molecule has 1 aliphatic rings. The molecule has 6 heteroatoms. The number of halogens is 1. The molecule has 2 aromatic heterocycles. The first kappa shape index (κ1) is 16.7. The van der Waals surface area contributed by atoms with E-state index in [1.807, 2.05) is 25.1 Å². The minimum Gasteiger partial charge on any atom is -0.343 e. The molecule has 1 saturated carbocycles. The summed E-state index contributed by atoms with van der Waals surface area (Å²) in [6.45, 7) is 5.32. The van der Waals surface area contributed by atoms with Gasteiger partial charge < -0.3 is 10.3 Å². The van der Waals surface area contributed by atoms with Crippen molar-refractivity contribution in [3.63, 3.8) is 0 Å². The van der Waals surface area contributed by atoms with Gasteiger partial charge in [-0.1, -0.05) is 17.7 Å². The Morgan fingerprint density at radius 2 is 2.04 bits per heavy atom. The van der Waals surface area contributed by atoms with Crippen LogP contribution in [0.3, 0.4) is 0 Å². The molecule has 1 aliphatic carbocycles. The van der Waals surface area contributed by atoms with E-state index < -0.39 is 11.5 Å². The summed E-state index contributed by atoms with van der Waals surface area (Å²) in [5.74, 6) is -0.0422. The zero-order valence-corrected chi connectivity index (χ0v) is 14.7. The van der Waals surface area contributed by atoms with E-state index in [9.17, 15) is 9.59 Å². The molecule has 0 spiro atoms. The highest BCUT2D eigenvalue weighted by Gasteiger charge is 2.35. The number of nitrogens with zero attached hydrogens (tertiary/aromatic N) is 1. The van der Waals surface area contributed by atoms with Crippen molar-refractivity contribution in [2.24, 2.45) is 5.92 Å². The van der Waals surface area contributed by atoms with Crippen molar-refractivity contribution < 1.29 is 4.79 Å². The number of carbonyl (C=O) groups excluding carboxylic acids is 1. The summed E-state index contributed by atoms with van der Waals surface area (Å²) >= 11 is 6.19. The maximum atomic E-state index is 12.7. The van der Waals surface area contributed by atoms with Crippen LogP contribution in [0.15, 0.2) is 23.0 Å². The van der Waals surface area contributed by atoms with E-state index >= 15 is 0 Å². The van der Waals surface area contributed by atoms with Gasteiger partial charge in [-0.15, -0.1) is 0 Å². The Hall–Kier alpha value is -2.14. The summed E-state index contributed by atoms with van der Waals surface area (Å²) in [5, 5.41) is 3.40. The second-order valence-corrected chi connectivity index (χ2v) is 6.76. The predicted octanol–water partition coefficient (Wildman–Crippen LogP) is 3.23. The van der Waals surface area contributed by atoms with Gasteiger partial charge in [0.25, 0.3) is 11.5 Å². The molecule has 3 rings (SSSR count). The Morgan fingerprint density at radius 1 is 1.33 bits per heavy atom. The van der Waals surface area contributed by atoms with E-state index in [0.29, 0.717) is 22.2 Å². The van der Waals surface area contributed by atoms with E-state index in [1.165, 1.54) is 0 Å². The number of hydrogen-bond acceptors (Lipinski definition) is 3. The molecule has 2 N–H and O–H groups in total. The van der Waals surface area contributed by atoms with E-state index in [1.54, 1.807) is 13.8 Å². The quantitative estimate of drug-likeness (QED) is 0.893. The lowest BCUT2D eigenvalue weighted by Crippen LogP contribution is -2.35. The number of aryl methyl sites for hydroxylation is 2. The molecule has 0 saturated heterocycles. The second-order valence-electron chi connectivity index (χ2n) is 6.39. The molecule has 0 radical (unpaired) electrons. The fourth-order valence-electron chi connectivity index (χ4n) is 2.94. The average Bonchev–Trinajstić information content (AvgIpc) is 3.35. The van der Waals surface area contributed by atoms with Crippen LogP contribution in [0.5, 0.6) is 0 Å². The van der Waals surface area contributed by atoms with Gasteiger partial charge >= 0.3 is 0 Å². The molecule has 2 aromatic rings. The largest absolute Gasteiger partial charge is 0.343 e. The Morgan fingerprint density at radius 3 is 2.67 bits per heavy atom. The lowest BCUT2D eigenvalue weighted by atomic mass is 10.1. The molecule has 0 aliphatic heterocycles. The third-order valence-electron chi connectivity index (χ3n) is 4.40. The maximum absolute atomic E-state index is 12.7. The molecule has 0 bridgehead atoms. The lowest BCUT2D eigenvalue weighted by molar-refractivity contribution is 0.0928. The first-order valence-electron chi connectivity index (χ1n) is 8.02. The number of H-pyrrole nitrogens is 1. The monoisotopic (exact) mass is 345 g/mol. The molecule has 0 unspecified atom stereocenters. The van der Waals surface area contributed by atoms with Crippen LogP contribution < -0.4 is 10.9 Å². The van der Waals surface area contributed by atoms with Gasteiger partial charge in [-0.3, -0.25) is 14.6 Å². The molecule has 1 fully saturated rings. The fraction of sp³-hybridized carbons (Fsp3) is 0.389. The van der Waals surface area contributed by atoms with Crippen molar-refractivity contribution in [1.29, 1.82) is 0 Å². The highest BCUT2D eigenvalue weighted by Crippen LogP contribution is 2.40. The molecule has 1 atom stereocenters. The highest BCUT2D eigenvalue weighted by molar-refractivity contribution is 6.32. The van der Waals surface area contributed by atoms with Crippen LogP contribution in [0.2, 0.25) is 5.02 Å². The van der Waals surface area contributed by atoms with Gasteiger partial charge in [0.15, 0.2) is 0 Å². The third-order valence-corrected chi connectivity index (χ3v) is 4.96. The van der Waals surface area contributed by atoms with Crippen LogP contribution in [-0.4, -0.2) is 15.9 Å². The SMILES string of the molecule is Cc1cccc([C@H](NC(=O)c2c(C)c(Cl)c(C)[nH]c2=O)C2CC2)n1. The predicted molar refractivity (Wildman–Crippen MR) is 93.5 cm³/mol. The molecule has 0 aromatic carbocycles. The smallest absolute Gasteiger partial charge is 0.261 e. The van der Waals surface area contributed by atoms with Gasteiger partial charge in [0.2, 0.25) is 0 Å². The number of aromatic nitrogens is 2. The third kappa shape index (κ3) is 3.22. The topological polar surface area (TPSA) is 74.8 Å². The first-order valence-corrected chi connectivity index (χ1v) is 8.39. The summed E-state index contributed by atoms with van der Waals surface area (Å²) in [5.41, 5.74) is 2.46. The number of carbonyl (C=O) groups is 1. The average molecular weight is 346 g/mol. The molecule has 1 amide bonds. The summed E-state index contributed by atoms with van der Waals surface area (Å²) in [6, 6.07) is 5.58. The van der Waals surface area contributed by atoms with E-state index in [0.717, 1.165) is 24.2 Å². The van der Waals surface area contributed by atoms with E-state index in [-0.39, 0.29) is 11.6 Å². The minimum atomic E-state index is -0.418. The maximum Gasteiger partial charge on any atom is 0.261 e. The van der Waals surface area contributed by atoms with Gasteiger partial charge in [-0.05, 0) is 57.2 Å². The van der Waals surface area contributed by atoms with Gasteiger partial charge in [0, 0.05) is 11.4 Å². The van der Waals surface area contributed by atoms with Crippen molar-refractivity contribution in [3.05, 3.63) is 61.8 Å². The first-order chi connectivity index (χ1) is 11.4. The van der Waals surface area contributed by atoms with Gasteiger partial charge in [-0.25, -0.2) is 0 Å². The number of hydrogen-bond donors (Lipinski definition) is 2. The number of pyridine rings is 2. The van der Waals surface area contributed by atoms with Crippen LogP contribution in [-0.2, 0) is 0 Å². The molecule has 24 heavy (non-hydrogen) atoms. The van der Waals surface area contributed by atoms with E-state index in [4.69, 9.17) is 11.6 Å². The van der Waals surface area contributed by atoms with Crippen molar-refractivity contribution in [3.8, 4) is 0 Å². The van der Waals surface area contributed by atoms with Gasteiger partial charge in [0.05, 0.1) is 16.8 Å². The summed E-state index contributed by atoms with van der Waals surface area (Å²) < 4.78 is 0.